The lowest BCUT2D eigenvalue weighted by molar-refractivity contribution is -0.149. The highest BCUT2D eigenvalue weighted by Gasteiger charge is 2.37. The highest BCUT2D eigenvalue weighted by molar-refractivity contribution is 6.08. The van der Waals surface area contributed by atoms with Crippen LogP contribution in [0, 0.1) is 6.92 Å². The molecule has 146 valence electrons. The molecule has 0 aliphatic heterocycles. The fourth-order valence-electron chi connectivity index (χ4n) is 3.40. The molecular formula is C22H20F3NO2. The van der Waals surface area contributed by atoms with Crippen molar-refractivity contribution in [3.8, 4) is 11.1 Å². The van der Waals surface area contributed by atoms with Gasteiger partial charge in [0.1, 0.15) is 17.4 Å². The molecule has 1 fully saturated rings. The summed E-state index contributed by atoms with van der Waals surface area (Å²) in [7, 11) is 0. The minimum absolute atomic E-state index is 0.141. The Morgan fingerprint density at radius 2 is 1.75 bits per heavy atom. The first-order valence-corrected chi connectivity index (χ1v) is 9.25. The SMILES string of the molecule is Cc1oc2ccc(-c3ccc(C4CC4)cc3)cc2c1C(=O)NC(C)C(F)(F)F. The van der Waals surface area contributed by atoms with E-state index in [1.54, 1.807) is 19.1 Å². The molecule has 3 aromatic rings. The number of aryl methyl sites for hydroxylation is 1. The third-order valence-electron chi connectivity index (χ3n) is 5.22. The Bertz CT molecular complexity index is 1030. The summed E-state index contributed by atoms with van der Waals surface area (Å²) < 4.78 is 44.0. The molecule has 6 heteroatoms. The molecule has 1 saturated carbocycles. The van der Waals surface area contributed by atoms with Crippen LogP contribution in [0.3, 0.4) is 0 Å². The Labute approximate surface area is 160 Å². The maximum atomic E-state index is 12.8. The largest absolute Gasteiger partial charge is 0.461 e. The van der Waals surface area contributed by atoms with Gasteiger partial charge in [-0.05, 0) is 61.4 Å². The van der Waals surface area contributed by atoms with Gasteiger partial charge in [0.25, 0.3) is 5.91 Å². The van der Waals surface area contributed by atoms with Gasteiger partial charge in [0, 0.05) is 5.39 Å². The van der Waals surface area contributed by atoms with Crippen LogP contribution in [0.4, 0.5) is 13.2 Å². The van der Waals surface area contributed by atoms with Gasteiger partial charge in [-0.25, -0.2) is 0 Å². The molecule has 0 saturated heterocycles. The minimum Gasteiger partial charge on any atom is -0.461 e. The molecule has 1 N–H and O–H groups in total. The van der Waals surface area contributed by atoms with E-state index in [2.05, 4.69) is 12.1 Å². The molecule has 28 heavy (non-hydrogen) atoms. The van der Waals surface area contributed by atoms with Crippen molar-refractivity contribution in [1.29, 1.82) is 0 Å². The number of nitrogens with one attached hydrogen (secondary N) is 1. The van der Waals surface area contributed by atoms with Crippen LogP contribution < -0.4 is 5.32 Å². The van der Waals surface area contributed by atoms with Crippen molar-refractivity contribution in [3.63, 3.8) is 0 Å². The third-order valence-corrected chi connectivity index (χ3v) is 5.22. The van der Waals surface area contributed by atoms with Crippen LogP contribution in [-0.4, -0.2) is 18.1 Å². The van der Waals surface area contributed by atoms with E-state index in [1.165, 1.54) is 18.4 Å². The maximum Gasteiger partial charge on any atom is 0.408 e. The molecule has 0 radical (unpaired) electrons. The predicted molar refractivity (Wildman–Crippen MR) is 101 cm³/mol. The van der Waals surface area contributed by atoms with Gasteiger partial charge in [0.15, 0.2) is 0 Å². The topological polar surface area (TPSA) is 42.2 Å². The predicted octanol–water partition coefficient (Wildman–Crippen LogP) is 5.97. The quantitative estimate of drug-likeness (QED) is 0.600. The summed E-state index contributed by atoms with van der Waals surface area (Å²) in [6, 6.07) is 11.8. The highest BCUT2D eigenvalue weighted by Crippen LogP contribution is 2.40. The Balaban J connectivity index is 1.68. The first kappa shape index (κ1) is 18.6. The van der Waals surface area contributed by atoms with Crippen molar-refractivity contribution >= 4 is 16.9 Å². The fraction of sp³-hybridized carbons (Fsp3) is 0.318. The van der Waals surface area contributed by atoms with Crippen molar-refractivity contribution in [3.05, 3.63) is 59.4 Å². The standard InChI is InChI=1S/C22H20F3NO2/c1-12-20(21(27)26-13(2)22(23,24)25)18-11-17(9-10-19(18)28-12)16-7-5-15(6-8-16)14-3-4-14/h5-11,13-14H,3-4H2,1-2H3,(H,26,27). The van der Waals surface area contributed by atoms with Gasteiger partial charge in [-0.2, -0.15) is 13.2 Å². The Morgan fingerprint density at radius 3 is 2.36 bits per heavy atom. The van der Waals surface area contributed by atoms with E-state index in [0.29, 0.717) is 22.6 Å². The van der Waals surface area contributed by atoms with Crippen LogP contribution in [0.15, 0.2) is 46.9 Å². The highest BCUT2D eigenvalue weighted by atomic mass is 19.4. The number of carbonyl (C=O) groups is 1. The summed E-state index contributed by atoms with van der Waals surface area (Å²) in [6.45, 7) is 2.50. The van der Waals surface area contributed by atoms with E-state index in [-0.39, 0.29) is 5.56 Å². The molecule has 1 unspecified atom stereocenters. The summed E-state index contributed by atoms with van der Waals surface area (Å²) in [4.78, 5) is 12.5. The molecule has 2 aromatic carbocycles. The Kier molecular flexibility index (Phi) is 4.44. The van der Waals surface area contributed by atoms with Crippen molar-refractivity contribution in [1.82, 2.24) is 5.32 Å². The molecule has 1 aromatic heterocycles. The second kappa shape index (κ2) is 6.69. The number of alkyl halides is 3. The smallest absolute Gasteiger partial charge is 0.408 e. The lowest BCUT2D eigenvalue weighted by Gasteiger charge is -2.17. The molecule has 1 aliphatic carbocycles. The van der Waals surface area contributed by atoms with E-state index in [4.69, 9.17) is 4.42 Å². The molecular weight excluding hydrogens is 367 g/mol. The van der Waals surface area contributed by atoms with Crippen LogP contribution in [0.1, 0.15) is 47.4 Å². The average Bonchev–Trinajstić information content (AvgIpc) is 3.43. The van der Waals surface area contributed by atoms with Gasteiger partial charge in [-0.3, -0.25) is 4.79 Å². The van der Waals surface area contributed by atoms with Crippen molar-refractivity contribution in [2.45, 2.75) is 44.8 Å². The van der Waals surface area contributed by atoms with Gasteiger partial charge in [0.05, 0.1) is 5.56 Å². The van der Waals surface area contributed by atoms with Gasteiger partial charge >= 0.3 is 6.18 Å². The summed E-state index contributed by atoms with van der Waals surface area (Å²) in [5.74, 6) is 0.171. The van der Waals surface area contributed by atoms with E-state index >= 15 is 0 Å². The molecule has 1 amide bonds. The summed E-state index contributed by atoms with van der Waals surface area (Å²) >= 11 is 0. The number of hydrogen-bond acceptors (Lipinski definition) is 2. The second-order valence-electron chi connectivity index (χ2n) is 7.38. The molecule has 1 atom stereocenters. The Morgan fingerprint density at radius 1 is 1.11 bits per heavy atom. The number of furan rings is 1. The van der Waals surface area contributed by atoms with Gasteiger partial charge < -0.3 is 9.73 Å². The first-order valence-electron chi connectivity index (χ1n) is 9.25. The van der Waals surface area contributed by atoms with Crippen LogP contribution >= 0.6 is 0 Å². The average molecular weight is 387 g/mol. The van der Waals surface area contributed by atoms with E-state index < -0.39 is 18.1 Å². The molecule has 1 heterocycles. The Hall–Kier alpha value is -2.76. The van der Waals surface area contributed by atoms with Crippen molar-refractivity contribution < 1.29 is 22.4 Å². The van der Waals surface area contributed by atoms with Crippen LogP contribution in [0.5, 0.6) is 0 Å². The summed E-state index contributed by atoms with van der Waals surface area (Å²) in [6.07, 6.45) is -2.04. The lowest BCUT2D eigenvalue weighted by Crippen LogP contribution is -2.43. The van der Waals surface area contributed by atoms with Gasteiger partial charge in [0.2, 0.25) is 0 Å². The number of amides is 1. The van der Waals surface area contributed by atoms with E-state index in [9.17, 15) is 18.0 Å². The summed E-state index contributed by atoms with van der Waals surface area (Å²) in [5, 5.41) is 2.52. The number of fused-ring (bicyclic) bond motifs is 1. The second-order valence-corrected chi connectivity index (χ2v) is 7.38. The third kappa shape index (κ3) is 3.51. The molecule has 0 spiro atoms. The van der Waals surface area contributed by atoms with Crippen LogP contribution in [0.2, 0.25) is 0 Å². The first-order chi connectivity index (χ1) is 13.2. The number of benzene rings is 2. The number of rotatable bonds is 4. The number of carbonyl (C=O) groups excluding carboxylic acids is 1. The minimum atomic E-state index is -4.50. The lowest BCUT2D eigenvalue weighted by atomic mass is 9.99. The molecule has 3 nitrogen and oxygen atoms in total. The maximum absolute atomic E-state index is 12.8. The van der Waals surface area contributed by atoms with Gasteiger partial charge in [-0.1, -0.05) is 30.3 Å². The molecule has 1 aliphatic rings. The fourth-order valence-corrected chi connectivity index (χ4v) is 3.40. The normalized spacial score (nSPS) is 15.6. The number of hydrogen-bond donors (Lipinski definition) is 1. The molecule has 0 bridgehead atoms. The molecule has 4 rings (SSSR count). The number of halogens is 3. The monoisotopic (exact) mass is 387 g/mol. The zero-order valence-corrected chi connectivity index (χ0v) is 15.6. The van der Waals surface area contributed by atoms with E-state index in [0.717, 1.165) is 18.1 Å². The zero-order valence-electron chi connectivity index (χ0n) is 15.6. The van der Waals surface area contributed by atoms with Crippen molar-refractivity contribution in [2.24, 2.45) is 0 Å². The van der Waals surface area contributed by atoms with Crippen LogP contribution in [0.25, 0.3) is 22.1 Å². The van der Waals surface area contributed by atoms with E-state index in [1.807, 2.05) is 23.5 Å². The summed E-state index contributed by atoms with van der Waals surface area (Å²) in [5.41, 5.74) is 3.81. The zero-order chi connectivity index (χ0) is 20.1. The van der Waals surface area contributed by atoms with Crippen LogP contribution in [-0.2, 0) is 0 Å². The van der Waals surface area contributed by atoms with Gasteiger partial charge in [-0.15, -0.1) is 0 Å². The van der Waals surface area contributed by atoms with Crippen molar-refractivity contribution in [2.75, 3.05) is 0 Å².